The van der Waals surface area contributed by atoms with Gasteiger partial charge < -0.3 is 14.2 Å². The Balaban J connectivity index is 1.76. The second-order valence-corrected chi connectivity index (χ2v) is 5.79. The number of benzene rings is 2. The van der Waals surface area contributed by atoms with Crippen LogP contribution >= 0.6 is 11.6 Å². The molecule has 2 amide bonds. The fourth-order valence-electron chi connectivity index (χ4n) is 2.17. The summed E-state index contributed by atoms with van der Waals surface area (Å²) in [6, 6.07) is 11.7. The first-order valence-electron chi connectivity index (χ1n) is 8.32. The van der Waals surface area contributed by atoms with E-state index < -0.39 is 11.8 Å². The zero-order chi connectivity index (χ0) is 19.6. The molecule has 0 heterocycles. The van der Waals surface area contributed by atoms with Crippen molar-refractivity contribution < 1.29 is 23.8 Å². The predicted molar refractivity (Wildman–Crippen MR) is 101 cm³/mol. The van der Waals surface area contributed by atoms with Gasteiger partial charge in [0.15, 0.2) is 0 Å². The van der Waals surface area contributed by atoms with Gasteiger partial charge in [0.05, 0.1) is 32.3 Å². The van der Waals surface area contributed by atoms with Gasteiger partial charge in [-0.1, -0.05) is 11.6 Å². The molecule has 0 aromatic heterocycles. The quantitative estimate of drug-likeness (QED) is 0.674. The lowest BCUT2D eigenvalue weighted by atomic mass is 10.2. The lowest BCUT2D eigenvalue weighted by molar-refractivity contribution is -0.122. The smallest absolute Gasteiger partial charge is 0.273 e. The molecule has 0 radical (unpaired) electrons. The number of carbonyl (C=O) groups excluding carboxylic acids is 2. The molecule has 2 rings (SSSR count). The monoisotopic (exact) mass is 392 g/mol. The van der Waals surface area contributed by atoms with E-state index in [0.29, 0.717) is 23.1 Å². The summed E-state index contributed by atoms with van der Waals surface area (Å²) in [7, 11) is 1.44. The molecule has 0 aliphatic heterocycles. The van der Waals surface area contributed by atoms with Crippen molar-refractivity contribution in [2.24, 2.45) is 0 Å². The lowest BCUT2D eigenvalue weighted by Crippen LogP contribution is -2.42. The van der Waals surface area contributed by atoms with Gasteiger partial charge in [-0.15, -0.1) is 0 Å². The van der Waals surface area contributed by atoms with Crippen LogP contribution in [0.5, 0.6) is 17.2 Å². The number of halogens is 1. The molecule has 0 saturated heterocycles. The van der Waals surface area contributed by atoms with Gasteiger partial charge in [0.2, 0.25) is 5.91 Å². The van der Waals surface area contributed by atoms with Crippen LogP contribution in [0.4, 0.5) is 0 Å². The highest BCUT2D eigenvalue weighted by Crippen LogP contribution is 2.22. The largest absolute Gasteiger partial charge is 0.496 e. The van der Waals surface area contributed by atoms with Gasteiger partial charge in [0, 0.05) is 5.02 Å². The molecule has 0 atom stereocenters. The molecule has 0 bridgehead atoms. The summed E-state index contributed by atoms with van der Waals surface area (Å²) < 4.78 is 15.9. The lowest BCUT2D eigenvalue weighted by Gasteiger charge is -2.11. The molecule has 0 fully saturated rings. The van der Waals surface area contributed by atoms with Crippen molar-refractivity contribution in [3.05, 3.63) is 53.1 Å². The Labute approximate surface area is 162 Å². The minimum absolute atomic E-state index is 0.0696. The maximum Gasteiger partial charge on any atom is 0.273 e. The van der Waals surface area contributed by atoms with Crippen LogP contribution in [0.2, 0.25) is 5.02 Å². The molecule has 144 valence electrons. The molecule has 7 nitrogen and oxygen atoms in total. The second-order valence-electron chi connectivity index (χ2n) is 5.35. The molecule has 0 aliphatic rings. The maximum atomic E-state index is 12.2. The zero-order valence-electron chi connectivity index (χ0n) is 15.1. The third kappa shape index (κ3) is 6.38. The summed E-state index contributed by atoms with van der Waals surface area (Å²) in [5, 5.41) is 0.385. The number of ether oxygens (including phenoxy) is 3. The van der Waals surface area contributed by atoms with Crippen molar-refractivity contribution in [3.63, 3.8) is 0 Å². The van der Waals surface area contributed by atoms with E-state index in [0.717, 1.165) is 5.75 Å². The second kappa shape index (κ2) is 10.3. The van der Waals surface area contributed by atoms with E-state index in [-0.39, 0.29) is 18.6 Å². The third-order valence-electron chi connectivity index (χ3n) is 3.45. The highest BCUT2D eigenvalue weighted by Gasteiger charge is 2.13. The fourth-order valence-corrected chi connectivity index (χ4v) is 2.35. The number of hydrogen-bond donors (Lipinski definition) is 2. The molecule has 0 saturated carbocycles. The van der Waals surface area contributed by atoms with E-state index >= 15 is 0 Å². The standard InChI is InChI=1S/C19H21ClN2O5/c1-3-26-14-5-7-15(8-6-14)27-11-10-18(23)21-22-19(24)16-12-13(20)4-9-17(16)25-2/h4-9,12H,3,10-11H2,1-2H3,(H,21,23)(H,22,24). The average Bonchev–Trinajstić information content (AvgIpc) is 2.67. The van der Waals surface area contributed by atoms with Crippen molar-refractivity contribution in [2.75, 3.05) is 20.3 Å². The number of carbonyl (C=O) groups is 2. The van der Waals surface area contributed by atoms with Crippen LogP contribution in [-0.2, 0) is 4.79 Å². The van der Waals surface area contributed by atoms with Gasteiger partial charge >= 0.3 is 0 Å². The number of amides is 2. The van der Waals surface area contributed by atoms with E-state index in [1.54, 1.807) is 36.4 Å². The Kier molecular flexibility index (Phi) is 7.76. The molecule has 2 N–H and O–H groups in total. The molecule has 0 unspecified atom stereocenters. The summed E-state index contributed by atoms with van der Waals surface area (Å²) in [6.07, 6.45) is 0.0696. The Hall–Kier alpha value is -2.93. The van der Waals surface area contributed by atoms with Crippen LogP contribution in [0.15, 0.2) is 42.5 Å². The first-order chi connectivity index (χ1) is 13.0. The summed E-state index contributed by atoms with van der Waals surface area (Å²) in [5.41, 5.74) is 4.87. The molecule has 2 aromatic carbocycles. The van der Waals surface area contributed by atoms with Gasteiger partial charge in [-0.3, -0.25) is 20.4 Å². The van der Waals surface area contributed by atoms with Crippen LogP contribution in [0, 0.1) is 0 Å². The zero-order valence-corrected chi connectivity index (χ0v) is 15.8. The Bertz CT molecular complexity index is 780. The van der Waals surface area contributed by atoms with Crippen LogP contribution in [0.25, 0.3) is 0 Å². The SMILES string of the molecule is CCOc1ccc(OCCC(=O)NNC(=O)c2cc(Cl)ccc2OC)cc1. The van der Waals surface area contributed by atoms with Gasteiger partial charge in [0.1, 0.15) is 17.2 Å². The van der Waals surface area contributed by atoms with Crippen molar-refractivity contribution in [3.8, 4) is 17.2 Å². The number of methoxy groups -OCH3 is 1. The van der Waals surface area contributed by atoms with Gasteiger partial charge in [-0.05, 0) is 49.4 Å². The summed E-state index contributed by atoms with van der Waals surface area (Å²) in [4.78, 5) is 24.0. The maximum absolute atomic E-state index is 12.2. The highest BCUT2D eigenvalue weighted by molar-refractivity contribution is 6.31. The van der Waals surface area contributed by atoms with E-state index in [4.69, 9.17) is 25.8 Å². The first-order valence-corrected chi connectivity index (χ1v) is 8.69. The van der Waals surface area contributed by atoms with Crippen LogP contribution in [0.3, 0.4) is 0 Å². The normalized spacial score (nSPS) is 10.0. The third-order valence-corrected chi connectivity index (χ3v) is 3.69. The minimum atomic E-state index is -0.532. The summed E-state index contributed by atoms with van der Waals surface area (Å²) in [5.74, 6) is 0.802. The Morgan fingerprint density at radius 1 is 1.00 bits per heavy atom. The molecule has 2 aromatic rings. The highest BCUT2D eigenvalue weighted by atomic mass is 35.5. The topological polar surface area (TPSA) is 85.9 Å². The van der Waals surface area contributed by atoms with Crippen LogP contribution < -0.4 is 25.1 Å². The number of hydrazine groups is 1. The fraction of sp³-hybridized carbons (Fsp3) is 0.263. The van der Waals surface area contributed by atoms with Crippen molar-refractivity contribution in [1.29, 1.82) is 0 Å². The molecule has 8 heteroatoms. The summed E-state index contributed by atoms with van der Waals surface area (Å²) >= 11 is 5.89. The van der Waals surface area contributed by atoms with Gasteiger partial charge in [0.25, 0.3) is 5.91 Å². The average molecular weight is 393 g/mol. The molecular formula is C19H21ClN2O5. The predicted octanol–water partition coefficient (Wildman–Crippen LogP) is 2.98. The molecular weight excluding hydrogens is 372 g/mol. The Morgan fingerprint density at radius 2 is 1.67 bits per heavy atom. The van der Waals surface area contributed by atoms with Crippen molar-refractivity contribution in [1.82, 2.24) is 10.9 Å². The molecule has 0 aliphatic carbocycles. The first kappa shape index (κ1) is 20.4. The number of hydrogen-bond acceptors (Lipinski definition) is 5. The van der Waals surface area contributed by atoms with Crippen molar-refractivity contribution >= 4 is 23.4 Å². The number of nitrogens with one attached hydrogen (secondary N) is 2. The van der Waals surface area contributed by atoms with Crippen LogP contribution in [0.1, 0.15) is 23.7 Å². The van der Waals surface area contributed by atoms with E-state index in [2.05, 4.69) is 10.9 Å². The van der Waals surface area contributed by atoms with E-state index in [1.807, 2.05) is 6.92 Å². The van der Waals surface area contributed by atoms with Crippen molar-refractivity contribution in [2.45, 2.75) is 13.3 Å². The molecule has 0 spiro atoms. The van der Waals surface area contributed by atoms with Gasteiger partial charge in [-0.25, -0.2) is 0 Å². The van der Waals surface area contributed by atoms with E-state index in [1.165, 1.54) is 13.2 Å². The van der Waals surface area contributed by atoms with Crippen LogP contribution in [-0.4, -0.2) is 32.1 Å². The summed E-state index contributed by atoms with van der Waals surface area (Å²) in [6.45, 7) is 2.66. The molecule has 27 heavy (non-hydrogen) atoms. The van der Waals surface area contributed by atoms with E-state index in [9.17, 15) is 9.59 Å². The van der Waals surface area contributed by atoms with Gasteiger partial charge in [-0.2, -0.15) is 0 Å². The Morgan fingerprint density at radius 3 is 2.30 bits per heavy atom. The number of rotatable bonds is 8. The minimum Gasteiger partial charge on any atom is -0.496 e.